The highest BCUT2D eigenvalue weighted by molar-refractivity contribution is 5.83. The predicted molar refractivity (Wildman–Crippen MR) is 240 cm³/mol. The van der Waals surface area contributed by atoms with Crippen LogP contribution in [0.4, 0.5) is 4.39 Å². The fourth-order valence-corrected chi connectivity index (χ4v) is 7.13. The Morgan fingerprint density at radius 2 is 1.12 bits per heavy atom. The summed E-state index contributed by atoms with van der Waals surface area (Å²) in [5.41, 5.74) is 3.33. The standard InChI is InChI=1S/C53H58FNO5/c1-36(2)60-43-26-22-37(23-27-43)30-49(55-33-40-20-15-21-46(54)50(40)56)53(57,44-31-41(51(3,4)5)24-28-47(44)58-34-38-16-11-9-12-17-38)45-32-42(52(6,7)8)25-29-48(45)59-35-39-18-13-10-14-19-39/h9-29,31-33,36,49,56-57H,30,34-35H2,1-8H3. The van der Waals surface area contributed by atoms with Gasteiger partial charge in [-0.1, -0.05) is 133 Å². The van der Waals surface area contributed by atoms with E-state index in [2.05, 4.69) is 41.5 Å². The maximum atomic E-state index is 14.8. The first-order valence-corrected chi connectivity index (χ1v) is 20.6. The molecule has 312 valence electrons. The average Bonchev–Trinajstić information content (AvgIpc) is 3.22. The second-order valence-electron chi connectivity index (χ2n) is 17.7. The molecule has 2 N–H and O–H groups in total. The minimum Gasteiger partial charge on any atom is -0.504 e. The lowest BCUT2D eigenvalue weighted by Gasteiger charge is -2.39. The van der Waals surface area contributed by atoms with Crippen molar-refractivity contribution < 1.29 is 28.8 Å². The van der Waals surface area contributed by atoms with E-state index in [1.54, 1.807) is 6.07 Å². The molecule has 0 bridgehead atoms. The minimum absolute atomic E-state index is 0.00830. The van der Waals surface area contributed by atoms with Gasteiger partial charge in [0.25, 0.3) is 0 Å². The highest BCUT2D eigenvalue weighted by atomic mass is 19.1. The highest BCUT2D eigenvalue weighted by Crippen LogP contribution is 2.47. The van der Waals surface area contributed by atoms with Gasteiger partial charge in [-0.25, -0.2) is 4.39 Å². The molecule has 0 aromatic heterocycles. The van der Waals surface area contributed by atoms with Crippen LogP contribution >= 0.6 is 0 Å². The van der Waals surface area contributed by atoms with Crippen LogP contribution in [0.25, 0.3) is 0 Å². The molecular formula is C53H58FNO5. The van der Waals surface area contributed by atoms with Gasteiger partial charge >= 0.3 is 0 Å². The smallest absolute Gasteiger partial charge is 0.165 e. The first-order chi connectivity index (χ1) is 28.5. The summed E-state index contributed by atoms with van der Waals surface area (Å²) in [4.78, 5) is 5.15. The van der Waals surface area contributed by atoms with E-state index in [-0.39, 0.29) is 42.1 Å². The first kappa shape index (κ1) is 43.7. The average molecular weight is 808 g/mol. The van der Waals surface area contributed by atoms with E-state index in [1.165, 1.54) is 18.3 Å². The zero-order valence-corrected chi connectivity index (χ0v) is 36.1. The Morgan fingerprint density at radius 1 is 0.617 bits per heavy atom. The third kappa shape index (κ3) is 10.6. The van der Waals surface area contributed by atoms with Crippen molar-refractivity contribution in [3.63, 3.8) is 0 Å². The molecule has 0 aliphatic rings. The lowest BCUT2D eigenvalue weighted by Crippen LogP contribution is -2.42. The molecule has 1 unspecified atom stereocenters. The predicted octanol–water partition coefficient (Wildman–Crippen LogP) is 12.0. The van der Waals surface area contributed by atoms with Crippen molar-refractivity contribution in [1.82, 2.24) is 0 Å². The van der Waals surface area contributed by atoms with E-state index in [0.29, 0.717) is 22.6 Å². The van der Waals surface area contributed by atoms with E-state index >= 15 is 0 Å². The van der Waals surface area contributed by atoms with Crippen LogP contribution in [-0.4, -0.2) is 28.6 Å². The summed E-state index contributed by atoms with van der Waals surface area (Å²) in [5, 5.41) is 25.2. The van der Waals surface area contributed by atoms with Gasteiger partial charge in [-0.3, -0.25) is 4.99 Å². The highest BCUT2D eigenvalue weighted by Gasteiger charge is 2.46. The lowest BCUT2D eigenvalue weighted by molar-refractivity contribution is 0.0456. The van der Waals surface area contributed by atoms with Crippen LogP contribution in [0, 0.1) is 5.82 Å². The Kier molecular flexibility index (Phi) is 13.5. The third-order valence-electron chi connectivity index (χ3n) is 10.6. The number of benzene rings is 6. The summed E-state index contributed by atoms with van der Waals surface area (Å²) in [6.45, 7) is 17.3. The summed E-state index contributed by atoms with van der Waals surface area (Å²) in [6, 6.07) is 42.9. The zero-order valence-electron chi connectivity index (χ0n) is 36.1. The molecule has 7 heteroatoms. The van der Waals surface area contributed by atoms with Gasteiger partial charge in [0.2, 0.25) is 0 Å². The van der Waals surface area contributed by atoms with Crippen LogP contribution in [0.5, 0.6) is 23.0 Å². The van der Waals surface area contributed by atoms with Gasteiger partial charge in [0.05, 0.1) is 12.1 Å². The van der Waals surface area contributed by atoms with Crippen LogP contribution in [0.15, 0.2) is 145 Å². The van der Waals surface area contributed by atoms with Gasteiger partial charge in [0.15, 0.2) is 11.6 Å². The molecule has 0 aliphatic carbocycles. The minimum atomic E-state index is -1.95. The number of hydrogen-bond donors (Lipinski definition) is 2. The fraction of sp³-hybridized carbons (Fsp3) is 0.302. The van der Waals surface area contributed by atoms with Crippen LogP contribution in [0.3, 0.4) is 0 Å². The lowest BCUT2D eigenvalue weighted by atomic mass is 9.73. The molecule has 6 aromatic carbocycles. The molecular weight excluding hydrogens is 750 g/mol. The van der Waals surface area contributed by atoms with Crippen molar-refractivity contribution in [2.24, 2.45) is 4.99 Å². The summed E-state index contributed by atoms with van der Waals surface area (Å²) in [7, 11) is 0. The molecule has 6 aromatic rings. The van der Waals surface area contributed by atoms with Gasteiger partial charge in [-0.05, 0) is 107 Å². The summed E-state index contributed by atoms with van der Waals surface area (Å²) < 4.78 is 34.2. The number of phenols is 1. The topological polar surface area (TPSA) is 80.5 Å². The number of aliphatic imine (C=N–C) groups is 1. The number of para-hydroxylation sites is 1. The Labute approximate surface area is 355 Å². The number of aromatic hydroxyl groups is 1. The Hall–Kier alpha value is -5.92. The molecule has 6 rings (SSSR count). The summed E-state index contributed by atoms with van der Waals surface area (Å²) in [5.74, 6) is 0.369. The van der Waals surface area contributed by atoms with E-state index in [0.717, 1.165) is 33.6 Å². The van der Waals surface area contributed by atoms with Gasteiger partial charge in [-0.15, -0.1) is 0 Å². The number of hydrogen-bond acceptors (Lipinski definition) is 6. The fourth-order valence-electron chi connectivity index (χ4n) is 7.13. The van der Waals surface area contributed by atoms with Crippen molar-refractivity contribution in [1.29, 1.82) is 0 Å². The van der Waals surface area contributed by atoms with Crippen molar-refractivity contribution in [2.75, 3.05) is 0 Å². The number of halogens is 1. The molecule has 0 saturated carbocycles. The zero-order chi connectivity index (χ0) is 43.1. The number of phenolic OH excluding ortho intramolecular Hbond substituents is 1. The molecule has 0 amide bonds. The second kappa shape index (κ2) is 18.6. The van der Waals surface area contributed by atoms with Crippen molar-refractivity contribution >= 4 is 6.21 Å². The van der Waals surface area contributed by atoms with Crippen LogP contribution < -0.4 is 14.2 Å². The molecule has 0 radical (unpaired) electrons. The molecule has 6 nitrogen and oxygen atoms in total. The first-order valence-electron chi connectivity index (χ1n) is 20.6. The molecule has 0 saturated heterocycles. The van der Waals surface area contributed by atoms with Crippen molar-refractivity contribution in [3.8, 4) is 23.0 Å². The summed E-state index contributed by atoms with van der Waals surface area (Å²) >= 11 is 0. The number of rotatable bonds is 15. The Bertz CT molecular complexity index is 2260. The van der Waals surface area contributed by atoms with E-state index in [9.17, 15) is 14.6 Å². The van der Waals surface area contributed by atoms with Gasteiger partial charge in [0.1, 0.15) is 36.1 Å². The molecule has 0 aliphatic heterocycles. The normalized spacial score (nSPS) is 12.8. The maximum absolute atomic E-state index is 14.8. The number of ether oxygens (including phenoxy) is 3. The van der Waals surface area contributed by atoms with Crippen LogP contribution in [-0.2, 0) is 36.1 Å². The monoisotopic (exact) mass is 807 g/mol. The summed E-state index contributed by atoms with van der Waals surface area (Å²) in [6.07, 6.45) is 1.66. The third-order valence-corrected chi connectivity index (χ3v) is 10.6. The van der Waals surface area contributed by atoms with Gasteiger partial charge < -0.3 is 24.4 Å². The maximum Gasteiger partial charge on any atom is 0.165 e. The van der Waals surface area contributed by atoms with Crippen molar-refractivity contribution in [2.45, 2.75) is 104 Å². The number of aliphatic hydroxyl groups is 1. The van der Waals surface area contributed by atoms with Gasteiger partial charge in [-0.2, -0.15) is 0 Å². The van der Waals surface area contributed by atoms with E-state index < -0.39 is 23.2 Å². The molecule has 1 atom stereocenters. The Morgan fingerprint density at radius 3 is 1.58 bits per heavy atom. The second-order valence-corrected chi connectivity index (χ2v) is 17.7. The largest absolute Gasteiger partial charge is 0.504 e. The van der Waals surface area contributed by atoms with E-state index in [1.807, 2.05) is 135 Å². The molecule has 0 spiro atoms. The van der Waals surface area contributed by atoms with Crippen LogP contribution in [0.1, 0.15) is 99.9 Å². The molecule has 60 heavy (non-hydrogen) atoms. The Balaban J connectivity index is 1.66. The van der Waals surface area contributed by atoms with Crippen LogP contribution in [0.2, 0.25) is 0 Å². The van der Waals surface area contributed by atoms with Gasteiger partial charge in [0, 0.05) is 22.9 Å². The quantitative estimate of drug-likeness (QED) is 0.101. The molecule has 0 fully saturated rings. The molecule has 0 heterocycles. The SMILES string of the molecule is CC(C)Oc1ccc(CC(N=Cc2cccc(F)c2O)C(O)(c2cc(C(C)(C)C)ccc2OCc2ccccc2)c2cc(C(C)(C)C)ccc2OCc2ccccc2)cc1. The van der Waals surface area contributed by atoms with Crippen molar-refractivity contribution in [3.05, 3.63) is 190 Å². The van der Waals surface area contributed by atoms with E-state index in [4.69, 9.17) is 19.2 Å². The number of nitrogens with zero attached hydrogens (tertiary/aromatic N) is 1.